The molecule has 1 unspecified atom stereocenters. The highest BCUT2D eigenvalue weighted by atomic mass is 16.5. The maximum Gasteiger partial charge on any atom is 0.414 e. The monoisotopic (exact) mass is 381 g/mol. The molecule has 0 aliphatic rings. The molecule has 0 aliphatic carbocycles. The van der Waals surface area contributed by atoms with Gasteiger partial charge in [0.2, 0.25) is 0 Å². The molecule has 6 nitrogen and oxygen atoms in total. The van der Waals surface area contributed by atoms with Gasteiger partial charge in [-0.15, -0.1) is 0 Å². The maximum absolute atomic E-state index is 9.10. The molecule has 0 amide bonds. The average Bonchev–Trinajstić information content (AvgIpc) is 2.72. The van der Waals surface area contributed by atoms with Gasteiger partial charge in [0.25, 0.3) is 0 Å². The molecule has 1 atom stereocenters. The fourth-order valence-electron chi connectivity index (χ4n) is 2.77. The minimum Gasteiger partial charge on any atom is -0.493 e. The van der Waals surface area contributed by atoms with Gasteiger partial charge in [0.15, 0.2) is 0 Å². The number of rotatable bonds is 6. The zero-order chi connectivity index (χ0) is 20.4. The minimum atomic E-state index is -1.82. The second-order valence-corrected chi connectivity index (χ2v) is 5.98. The van der Waals surface area contributed by atoms with E-state index in [2.05, 4.69) is 59.9 Å². The van der Waals surface area contributed by atoms with Crippen LogP contribution in [0, 0.1) is 0 Å². The van der Waals surface area contributed by atoms with Crippen LogP contribution in [0.25, 0.3) is 10.8 Å². The molecular weight excluding hydrogens is 358 g/mol. The van der Waals surface area contributed by atoms with Crippen molar-refractivity contribution in [2.24, 2.45) is 0 Å². The van der Waals surface area contributed by atoms with Gasteiger partial charge in [-0.05, 0) is 24.1 Å². The molecule has 6 heteroatoms. The van der Waals surface area contributed by atoms with Gasteiger partial charge >= 0.3 is 11.9 Å². The highest BCUT2D eigenvalue weighted by Gasteiger charge is 2.09. The molecule has 0 saturated heterocycles. The topological polar surface area (TPSA) is 95.9 Å². The van der Waals surface area contributed by atoms with Crippen LogP contribution in [0.1, 0.15) is 18.0 Å². The number of carboxylic acid groups (broad SMARTS) is 2. The summed E-state index contributed by atoms with van der Waals surface area (Å²) in [5.74, 6) is -2.69. The van der Waals surface area contributed by atoms with Crippen molar-refractivity contribution < 1.29 is 24.5 Å². The van der Waals surface area contributed by atoms with Crippen molar-refractivity contribution in [3.05, 3.63) is 78.4 Å². The first-order chi connectivity index (χ1) is 13.5. The fraction of sp³-hybridized carbons (Fsp3) is 0.182. The van der Waals surface area contributed by atoms with E-state index in [0.29, 0.717) is 12.6 Å². The number of carboxylic acids is 2. The first kappa shape index (κ1) is 20.9. The number of hydrogen-bond acceptors (Lipinski definition) is 4. The molecule has 0 radical (unpaired) electrons. The van der Waals surface area contributed by atoms with E-state index >= 15 is 0 Å². The number of hydrogen-bond donors (Lipinski definition) is 3. The molecule has 0 aromatic heterocycles. The molecule has 146 valence electrons. The number of carbonyl (C=O) groups is 2. The molecule has 28 heavy (non-hydrogen) atoms. The molecule has 3 aromatic carbocycles. The first-order valence-corrected chi connectivity index (χ1v) is 8.82. The molecule has 3 aromatic rings. The van der Waals surface area contributed by atoms with Crippen LogP contribution >= 0.6 is 0 Å². The van der Waals surface area contributed by atoms with E-state index in [9.17, 15) is 0 Å². The summed E-state index contributed by atoms with van der Waals surface area (Å²) >= 11 is 0. The smallest absolute Gasteiger partial charge is 0.414 e. The van der Waals surface area contributed by atoms with Crippen LogP contribution in [0.4, 0.5) is 0 Å². The van der Waals surface area contributed by atoms with Crippen LogP contribution in [0.2, 0.25) is 0 Å². The minimum absolute atomic E-state index is 0.316. The third-order valence-electron chi connectivity index (χ3n) is 4.15. The Balaban J connectivity index is 0.000000409. The zero-order valence-corrected chi connectivity index (χ0v) is 15.5. The highest BCUT2D eigenvalue weighted by Crippen LogP contribution is 2.26. The first-order valence-electron chi connectivity index (χ1n) is 8.82. The Bertz CT molecular complexity index is 894. The van der Waals surface area contributed by atoms with Crippen molar-refractivity contribution in [1.82, 2.24) is 5.32 Å². The van der Waals surface area contributed by atoms with Gasteiger partial charge < -0.3 is 20.3 Å². The van der Waals surface area contributed by atoms with E-state index in [1.807, 2.05) is 25.2 Å². The number of fused-ring (bicyclic) bond motifs is 1. The molecule has 0 bridgehead atoms. The quantitative estimate of drug-likeness (QED) is 0.563. The van der Waals surface area contributed by atoms with Crippen LogP contribution in [0.5, 0.6) is 5.75 Å². The SMILES string of the molecule is CNC(CCOc1cccc2ccccc12)c1ccccc1.O=C(O)C(=O)O. The average molecular weight is 381 g/mol. The molecule has 0 aliphatic heterocycles. The maximum atomic E-state index is 9.10. The summed E-state index contributed by atoms with van der Waals surface area (Å²) in [5.41, 5.74) is 1.30. The van der Waals surface area contributed by atoms with Gasteiger partial charge in [0.1, 0.15) is 5.75 Å². The van der Waals surface area contributed by atoms with Gasteiger partial charge in [0.05, 0.1) is 6.61 Å². The van der Waals surface area contributed by atoms with Crippen molar-refractivity contribution in [3.63, 3.8) is 0 Å². The summed E-state index contributed by atoms with van der Waals surface area (Å²) < 4.78 is 6.03. The van der Waals surface area contributed by atoms with Crippen molar-refractivity contribution in [1.29, 1.82) is 0 Å². The third-order valence-corrected chi connectivity index (χ3v) is 4.15. The summed E-state index contributed by atoms with van der Waals surface area (Å²) in [6.45, 7) is 0.689. The van der Waals surface area contributed by atoms with Crippen LogP contribution in [-0.2, 0) is 9.59 Å². The molecule has 0 fully saturated rings. The number of benzene rings is 3. The highest BCUT2D eigenvalue weighted by molar-refractivity contribution is 6.27. The Morgan fingerprint density at radius 1 is 0.893 bits per heavy atom. The Hall–Kier alpha value is -3.38. The Morgan fingerprint density at radius 3 is 2.14 bits per heavy atom. The van der Waals surface area contributed by atoms with Crippen LogP contribution in [0.3, 0.4) is 0 Å². The van der Waals surface area contributed by atoms with Gasteiger partial charge in [-0.3, -0.25) is 0 Å². The van der Waals surface area contributed by atoms with Crippen molar-refractivity contribution in [2.75, 3.05) is 13.7 Å². The van der Waals surface area contributed by atoms with Crippen LogP contribution in [-0.4, -0.2) is 35.8 Å². The van der Waals surface area contributed by atoms with E-state index in [1.165, 1.54) is 16.3 Å². The lowest BCUT2D eigenvalue weighted by atomic mass is 10.0. The van der Waals surface area contributed by atoms with Gasteiger partial charge in [-0.1, -0.05) is 66.7 Å². The fourth-order valence-corrected chi connectivity index (χ4v) is 2.77. The molecule has 0 saturated carbocycles. The van der Waals surface area contributed by atoms with Crippen molar-refractivity contribution in [2.45, 2.75) is 12.5 Å². The van der Waals surface area contributed by atoms with E-state index in [1.54, 1.807) is 0 Å². The second-order valence-electron chi connectivity index (χ2n) is 5.98. The van der Waals surface area contributed by atoms with Crippen LogP contribution in [0.15, 0.2) is 72.8 Å². The molecular formula is C22H23NO5. The largest absolute Gasteiger partial charge is 0.493 e. The number of nitrogens with one attached hydrogen (secondary N) is 1. The summed E-state index contributed by atoms with van der Waals surface area (Å²) in [6.07, 6.45) is 0.934. The molecule has 3 rings (SSSR count). The Morgan fingerprint density at radius 2 is 1.50 bits per heavy atom. The zero-order valence-electron chi connectivity index (χ0n) is 15.5. The molecule has 0 heterocycles. The van der Waals surface area contributed by atoms with E-state index in [4.69, 9.17) is 24.5 Å². The predicted octanol–water partition coefficient (Wildman–Crippen LogP) is 3.73. The van der Waals surface area contributed by atoms with Gasteiger partial charge in [-0.25, -0.2) is 9.59 Å². The van der Waals surface area contributed by atoms with E-state index in [-0.39, 0.29) is 0 Å². The predicted molar refractivity (Wildman–Crippen MR) is 108 cm³/mol. The number of ether oxygens (including phenoxy) is 1. The standard InChI is InChI=1S/C20H21NO.C2H2O4/c1-21-19(17-9-3-2-4-10-17)14-15-22-20-13-7-11-16-8-5-6-12-18(16)20;3-1(4)2(5)6/h2-13,19,21H,14-15H2,1H3;(H,3,4)(H,5,6). The lowest BCUT2D eigenvalue weighted by Gasteiger charge is -2.17. The van der Waals surface area contributed by atoms with E-state index < -0.39 is 11.9 Å². The Labute approximate surface area is 163 Å². The Kier molecular flexibility index (Phi) is 7.99. The molecule has 0 spiro atoms. The van der Waals surface area contributed by atoms with Crippen molar-refractivity contribution >= 4 is 22.7 Å². The lowest BCUT2D eigenvalue weighted by Crippen LogP contribution is -2.19. The summed E-state index contributed by atoms with van der Waals surface area (Å²) in [5, 5.41) is 20.5. The normalized spacial score (nSPS) is 11.2. The summed E-state index contributed by atoms with van der Waals surface area (Å²) in [4.78, 5) is 18.2. The third kappa shape index (κ3) is 6.10. The summed E-state index contributed by atoms with van der Waals surface area (Å²) in [7, 11) is 2.00. The van der Waals surface area contributed by atoms with Crippen molar-refractivity contribution in [3.8, 4) is 5.75 Å². The second kappa shape index (κ2) is 10.7. The van der Waals surface area contributed by atoms with Crippen LogP contribution < -0.4 is 10.1 Å². The lowest BCUT2D eigenvalue weighted by molar-refractivity contribution is -0.159. The van der Waals surface area contributed by atoms with E-state index in [0.717, 1.165) is 12.2 Å². The number of aliphatic carboxylic acids is 2. The summed E-state index contributed by atoms with van der Waals surface area (Å²) in [6, 6.07) is 25.3. The molecule has 3 N–H and O–H groups in total. The van der Waals surface area contributed by atoms with Gasteiger partial charge in [0, 0.05) is 17.8 Å². The van der Waals surface area contributed by atoms with Gasteiger partial charge in [-0.2, -0.15) is 0 Å².